The molecule has 0 amide bonds. The highest BCUT2D eigenvalue weighted by molar-refractivity contribution is 6.17. The first kappa shape index (κ1) is 14.5. The van der Waals surface area contributed by atoms with E-state index in [2.05, 4.69) is 91.0 Å². The molecule has 130 valence electrons. The number of anilines is 1. The molecule has 0 atom stereocenters. The highest BCUT2D eigenvalue weighted by Gasteiger charge is 2.50. The van der Waals surface area contributed by atoms with Crippen LogP contribution in [0.15, 0.2) is 91.0 Å². The predicted octanol–water partition coefficient (Wildman–Crippen LogP) is 6.25. The lowest BCUT2D eigenvalue weighted by molar-refractivity contribution is 0.797. The van der Waals surface area contributed by atoms with E-state index in [0.29, 0.717) is 0 Å². The second-order valence-corrected chi connectivity index (χ2v) is 7.97. The first-order valence-corrected chi connectivity index (χ1v) is 9.75. The van der Waals surface area contributed by atoms with Crippen molar-refractivity contribution in [3.63, 3.8) is 0 Å². The second-order valence-electron chi connectivity index (χ2n) is 7.97. The smallest absolute Gasteiger partial charge is 0.0726 e. The molecule has 2 aliphatic carbocycles. The van der Waals surface area contributed by atoms with E-state index < -0.39 is 0 Å². The van der Waals surface area contributed by atoms with Crippen LogP contribution in [-0.4, -0.2) is 0 Å². The van der Waals surface area contributed by atoms with Gasteiger partial charge in [0.15, 0.2) is 0 Å². The summed E-state index contributed by atoms with van der Waals surface area (Å²) in [7, 11) is 0. The Bertz CT molecular complexity index is 1410. The van der Waals surface area contributed by atoms with Crippen LogP contribution in [0.5, 0.6) is 0 Å². The molecular weight excluding hydrogens is 338 g/mol. The monoisotopic (exact) mass is 355 g/mol. The molecule has 5 aromatic rings. The fourth-order valence-electron chi connectivity index (χ4n) is 5.81. The van der Waals surface area contributed by atoms with Crippen LogP contribution in [-0.2, 0) is 5.41 Å². The molecule has 1 spiro atoms. The molecule has 0 saturated heterocycles. The number of rotatable bonds is 0. The lowest BCUT2D eigenvalue weighted by Gasteiger charge is -2.30. The van der Waals surface area contributed by atoms with Crippen molar-refractivity contribution in [2.45, 2.75) is 5.41 Å². The van der Waals surface area contributed by atoms with Crippen LogP contribution in [0.3, 0.4) is 0 Å². The fraction of sp³-hybridized carbons (Fsp3) is 0.0370. The Morgan fingerprint density at radius 2 is 1.11 bits per heavy atom. The molecule has 0 heterocycles. The van der Waals surface area contributed by atoms with E-state index in [9.17, 15) is 0 Å². The Morgan fingerprint density at radius 1 is 0.500 bits per heavy atom. The number of nitrogen functional groups attached to an aromatic ring is 1. The zero-order valence-corrected chi connectivity index (χ0v) is 15.2. The van der Waals surface area contributed by atoms with Crippen LogP contribution >= 0.6 is 0 Å². The van der Waals surface area contributed by atoms with Crippen molar-refractivity contribution in [1.29, 1.82) is 0 Å². The van der Waals surface area contributed by atoms with E-state index in [1.165, 1.54) is 54.9 Å². The van der Waals surface area contributed by atoms with Gasteiger partial charge in [0.1, 0.15) is 0 Å². The van der Waals surface area contributed by atoms with Crippen LogP contribution in [0.4, 0.5) is 5.69 Å². The van der Waals surface area contributed by atoms with Crippen molar-refractivity contribution in [3.05, 3.63) is 113 Å². The Balaban J connectivity index is 1.80. The topological polar surface area (TPSA) is 26.0 Å². The predicted molar refractivity (Wildman–Crippen MR) is 117 cm³/mol. The first-order valence-electron chi connectivity index (χ1n) is 9.75. The van der Waals surface area contributed by atoms with Gasteiger partial charge in [-0.15, -0.1) is 0 Å². The molecule has 2 aliphatic rings. The van der Waals surface area contributed by atoms with Crippen molar-refractivity contribution in [1.82, 2.24) is 0 Å². The van der Waals surface area contributed by atoms with Gasteiger partial charge in [-0.2, -0.15) is 0 Å². The van der Waals surface area contributed by atoms with Gasteiger partial charge in [0.25, 0.3) is 0 Å². The summed E-state index contributed by atoms with van der Waals surface area (Å²) in [5, 5.41) is 5.43. The van der Waals surface area contributed by atoms with Crippen molar-refractivity contribution in [2.24, 2.45) is 0 Å². The normalized spacial score (nSPS) is 14.9. The standard InChI is InChI=1S/C27H17N/c28-18-13-14-22-20(15-18)19-7-1-2-8-21(19)27(22)23-9-3-5-16-11-12-17-6-4-10-24(27)26(17)25(16)23/h1-15H,28H2. The Labute approximate surface area is 163 Å². The summed E-state index contributed by atoms with van der Waals surface area (Å²) in [6.45, 7) is 0. The maximum absolute atomic E-state index is 6.21. The maximum atomic E-state index is 6.21. The Kier molecular flexibility index (Phi) is 2.39. The zero-order valence-electron chi connectivity index (χ0n) is 15.2. The molecule has 7 rings (SSSR count). The van der Waals surface area contributed by atoms with E-state index in [0.717, 1.165) is 5.69 Å². The summed E-state index contributed by atoms with van der Waals surface area (Å²) < 4.78 is 0. The quantitative estimate of drug-likeness (QED) is 0.252. The van der Waals surface area contributed by atoms with Gasteiger partial charge in [0.05, 0.1) is 5.41 Å². The van der Waals surface area contributed by atoms with Gasteiger partial charge in [0.2, 0.25) is 0 Å². The van der Waals surface area contributed by atoms with Crippen molar-refractivity contribution < 1.29 is 0 Å². The molecule has 0 fully saturated rings. The summed E-state index contributed by atoms with van der Waals surface area (Å²) in [6, 6.07) is 33.3. The number of hydrogen-bond acceptors (Lipinski definition) is 1. The summed E-state index contributed by atoms with van der Waals surface area (Å²) in [5.74, 6) is 0. The molecule has 0 saturated carbocycles. The molecular formula is C27H17N. The minimum Gasteiger partial charge on any atom is -0.399 e. The van der Waals surface area contributed by atoms with Gasteiger partial charge < -0.3 is 5.73 Å². The lowest BCUT2D eigenvalue weighted by Crippen LogP contribution is -2.26. The van der Waals surface area contributed by atoms with Gasteiger partial charge in [-0.3, -0.25) is 0 Å². The highest BCUT2D eigenvalue weighted by atomic mass is 14.6. The molecule has 2 N–H and O–H groups in total. The molecule has 0 radical (unpaired) electrons. The van der Waals surface area contributed by atoms with Crippen LogP contribution in [0, 0.1) is 0 Å². The third kappa shape index (κ3) is 1.41. The molecule has 28 heavy (non-hydrogen) atoms. The zero-order chi connectivity index (χ0) is 18.5. The van der Waals surface area contributed by atoms with Gasteiger partial charge in [-0.1, -0.05) is 78.9 Å². The van der Waals surface area contributed by atoms with Crippen molar-refractivity contribution in [2.75, 3.05) is 5.73 Å². The summed E-state index contributed by atoms with van der Waals surface area (Å²) in [6.07, 6.45) is 0. The van der Waals surface area contributed by atoms with Crippen molar-refractivity contribution in [3.8, 4) is 11.1 Å². The third-order valence-corrected chi connectivity index (χ3v) is 6.76. The Morgan fingerprint density at radius 3 is 1.82 bits per heavy atom. The molecule has 0 unspecified atom stereocenters. The van der Waals surface area contributed by atoms with Crippen molar-refractivity contribution >= 4 is 27.2 Å². The molecule has 1 nitrogen and oxygen atoms in total. The van der Waals surface area contributed by atoms with Gasteiger partial charge in [0, 0.05) is 5.69 Å². The number of benzene rings is 5. The Hall–Kier alpha value is -3.58. The SMILES string of the molecule is Nc1ccc2c(c1)-c1ccccc1C21c2cccc3ccc4cccc1c4c23. The number of nitrogens with two attached hydrogens (primary N) is 1. The van der Waals surface area contributed by atoms with Gasteiger partial charge in [-0.05, 0) is 67.1 Å². The third-order valence-electron chi connectivity index (χ3n) is 6.76. The average molecular weight is 355 g/mol. The van der Waals surface area contributed by atoms with Crippen LogP contribution < -0.4 is 5.73 Å². The average Bonchev–Trinajstić information content (AvgIpc) is 3.20. The largest absolute Gasteiger partial charge is 0.399 e. The van der Waals surface area contributed by atoms with Crippen LogP contribution in [0.2, 0.25) is 0 Å². The fourth-order valence-corrected chi connectivity index (χ4v) is 5.81. The van der Waals surface area contributed by atoms with E-state index in [4.69, 9.17) is 5.73 Å². The summed E-state index contributed by atoms with van der Waals surface area (Å²) >= 11 is 0. The van der Waals surface area contributed by atoms with E-state index >= 15 is 0 Å². The molecule has 1 heteroatoms. The highest BCUT2D eigenvalue weighted by Crippen LogP contribution is 2.62. The van der Waals surface area contributed by atoms with E-state index in [-0.39, 0.29) is 5.41 Å². The lowest BCUT2D eigenvalue weighted by atomic mass is 9.70. The van der Waals surface area contributed by atoms with E-state index in [1.807, 2.05) is 0 Å². The first-order chi connectivity index (χ1) is 13.8. The molecule has 0 aliphatic heterocycles. The minimum atomic E-state index is -0.262. The molecule has 0 bridgehead atoms. The summed E-state index contributed by atoms with van der Waals surface area (Å²) in [5.41, 5.74) is 14.8. The summed E-state index contributed by atoms with van der Waals surface area (Å²) in [4.78, 5) is 0. The molecule has 5 aromatic carbocycles. The van der Waals surface area contributed by atoms with Gasteiger partial charge in [-0.25, -0.2) is 0 Å². The van der Waals surface area contributed by atoms with Crippen LogP contribution in [0.1, 0.15) is 22.3 Å². The maximum Gasteiger partial charge on any atom is 0.0726 e. The minimum absolute atomic E-state index is 0.262. The molecule has 0 aromatic heterocycles. The second kappa shape index (κ2) is 4.63. The number of fused-ring (bicyclic) bond motifs is 7. The van der Waals surface area contributed by atoms with Gasteiger partial charge >= 0.3 is 0 Å². The van der Waals surface area contributed by atoms with E-state index in [1.54, 1.807) is 0 Å². The van der Waals surface area contributed by atoms with Crippen LogP contribution in [0.25, 0.3) is 32.7 Å². The number of hydrogen-bond donors (Lipinski definition) is 1.